The number of amides is 1. The van der Waals surface area contributed by atoms with Crippen molar-refractivity contribution in [3.05, 3.63) is 113 Å². The minimum Gasteiger partial charge on any atom is -0.496 e. The van der Waals surface area contributed by atoms with Gasteiger partial charge in [0.1, 0.15) is 24.3 Å². The molecule has 1 amide bonds. The lowest BCUT2D eigenvalue weighted by Crippen LogP contribution is -2.42. The third kappa shape index (κ3) is 4.20. The SMILES string of the molecule is COc1ccc([C@H]2Nc3ccccc3C(=O)N2Cc2ccco2)cc1COc1ccccc1F. The maximum Gasteiger partial charge on any atom is 0.258 e. The van der Waals surface area contributed by atoms with E-state index in [1.54, 1.807) is 48.6 Å². The molecular formula is C27H23FN2O4. The van der Waals surface area contributed by atoms with Gasteiger partial charge in [-0.3, -0.25) is 4.79 Å². The topological polar surface area (TPSA) is 63.9 Å². The van der Waals surface area contributed by atoms with Crippen molar-refractivity contribution in [2.24, 2.45) is 0 Å². The summed E-state index contributed by atoms with van der Waals surface area (Å²) in [7, 11) is 1.57. The number of rotatable bonds is 7. The lowest BCUT2D eigenvalue weighted by molar-refractivity contribution is 0.0651. The largest absolute Gasteiger partial charge is 0.496 e. The highest BCUT2D eigenvalue weighted by molar-refractivity contribution is 6.01. The van der Waals surface area contributed by atoms with Crippen LogP contribution in [0.3, 0.4) is 0 Å². The molecule has 1 atom stereocenters. The minimum absolute atomic E-state index is 0.101. The molecule has 0 spiro atoms. The molecule has 172 valence electrons. The number of fused-ring (bicyclic) bond motifs is 1. The molecule has 6 nitrogen and oxygen atoms in total. The Morgan fingerprint density at radius 1 is 1.00 bits per heavy atom. The standard InChI is InChI=1S/C27H23FN2O4/c1-32-24-13-12-18(15-19(24)17-34-25-11-5-3-9-22(25)28)26-29-23-10-4-2-8-21(23)27(31)30(26)16-20-7-6-14-33-20/h2-15,26,29H,16-17H2,1H3/t26-/m0/s1. The zero-order valence-corrected chi connectivity index (χ0v) is 18.5. The molecule has 2 heterocycles. The van der Waals surface area contributed by atoms with Gasteiger partial charge in [0.25, 0.3) is 5.91 Å². The first-order chi connectivity index (χ1) is 16.6. The Morgan fingerprint density at radius 3 is 2.62 bits per heavy atom. The van der Waals surface area contributed by atoms with E-state index in [1.165, 1.54) is 6.07 Å². The highest BCUT2D eigenvalue weighted by Gasteiger charge is 2.33. The van der Waals surface area contributed by atoms with E-state index in [9.17, 15) is 9.18 Å². The Morgan fingerprint density at radius 2 is 1.82 bits per heavy atom. The smallest absolute Gasteiger partial charge is 0.258 e. The van der Waals surface area contributed by atoms with Gasteiger partial charge in [-0.25, -0.2) is 4.39 Å². The van der Waals surface area contributed by atoms with Gasteiger partial charge in [0.15, 0.2) is 11.6 Å². The monoisotopic (exact) mass is 458 g/mol. The molecule has 0 radical (unpaired) electrons. The molecule has 0 aliphatic carbocycles. The summed E-state index contributed by atoms with van der Waals surface area (Å²) < 4.78 is 30.8. The summed E-state index contributed by atoms with van der Waals surface area (Å²) in [5.74, 6) is 0.916. The van der Waals surface area contributed by atoms with Gasteiger partial charge in [-0.15, -0.1) is 0 Å². The fourth-order valence-corrected chi connectivity index (χ4v) is 4.09. The van der Waals surface area contributed by atoms with Crippen molar-refractivity contribution >= 4 is 11.6 Å². The second-order valence-corrected chi connectivity index (χ2v) is 7.90. The molecule has 1 aromatic heterocycles. The summed E-state index contributed by atoms with van der Waals surface area (Å²) in [5.41, 5.74) is 2.92. The average molecular weight is 458 g/mol. The minimum atomic E-state index is -0.453. The number of anilines is 1. The molecule has 1 aliphatic heterocycles. The molecule has 1 aliphatic rings. The van der Waals surface area contributed by atoms with E-state index >= 15 is 0 Å². The summed E-state index contributed by atoms with van der Waals surface area (Å²) in [6, 6.07) is 23.0. The zero-order valence-electron chi connectivity index (χ0n) is 18.5. The molecule has 3 aromatic carbocycles. The van der Waals surface area contributed by atoms with Crippen molar-refractivity contribution in [2.75, 3.05) is 12.4 Å². The fourth-order valence-electron chi connectivity index (χ4n) is 4.09. The van der Waals surface area contributed by atoms with Crippen molar-refractivity contribution in [1.82, 2.24) is 4.90 Å². The van der Waals surface area contributed by atoms with E-state index in [2.05, 4.69) is 5.32 Å². The van der Waals surface area contributed by atoms with Gasteiger partial charge in [-0.2, -0.15) is 0 Å². The van der Waals surface area contributed by atoms with E-state index in [1.807, 2.05) is 42.5 Å². The van der Waals surface area contributed by atoms with Crippen LogP contribution in [0.4, 0.5) is 10.1 Å². The van der Waals surface area contributed by atoms with E-state index in [0.717, 1.165) is 16.8 Å². The van der Waals surface area contributed by atoms with Crippen molar-refractivity contribution in [2.45, 2.75) is 19.3 Å². The third-order valence-corrected chi connectivity index (χ3v) is 5.77. The molecule has 0 bridgehead atoms. The van der Waals surface area contributed by atoms with Gasteiger partial charge >= 0.3 is 0 Å². The van der Waals surface area contributed by atoms with Crippen LogP contribution in [0.2, 0.25) is 0 Å². The highest BCUT2D eigenvalue weighted by Crippen LogP contribution is 2.36. The Balaban J connectivity index is 1.49. The molecular weight excluding hydrogens is 435 g/mol. The Kier molecular flexibility index (Phi) is 5.91. The van der Waals surface area contributed by atoms with Gasteiger partial charge in [0.2, 0.25) is 0 Å². The van der Waals surface area contributed by atoms with Crippen LogP contribution in [0, 0.1) is 5.82 Å². The van der Waals surface area contributed by atoms with E-state index in [4.69, 9.17) is 13.9 Å². The Labute approximate surface area is 196 Å². The first-order valence-electron chi connectivity index (χ1n) is 10.9. The van der Waals surface area contributed by atoms with Gasteiger partial charge in [0.05, 0.1) is 25.5 Å². The Bertz CT molecular complexity index is 1310. The van der Waals surface area contributed by atoms with E-state index < -0.39 is 12.0 Å². The number of ether oxygens (including phenoxy) is 2. The number of benzene rings is 3. The number of carbonyl (C=O) groups is 1. The summed E-state index contributed by atoms with van der Waals surface area (Å²) in [6.07, 6.45) is 1.14. The van der Waals surface area contributed by atoms with Crippen LogP contribution < -0.4 is 14.8 Å². The molecule has 0 fully saturated rings. The van der Waals surface area contributed by atoms with Crippen LogP contribution in [0.1, 0.15) is 33.4 Å². The number of hydrogen-bond donors (Lipinski definition) is 1. The number of carbonyl (C=O) groups excluding carboxylic acids is 1. The lowest BCUT2D eigenvalue weighted by atomic mass is 10.0. The van der Waals surface area contributed by atoms with Gasteiger partial charge in [0, 0.05) is 11.3 Å². The van der Waals surface area contributed by atoms with E-state index in [0.29, 0.717) is 23.6 Å². The molecule has 0 unspecified atom stereocenters. The second kappa shape index (κ2) is 9.31. The van der Waals surface area contributed by atoms with Crippen LogP contribution in [0.15, 0.2) is 89.5 Å². The molecule has 0 saturated heterocycles. The maximum atomic E-state index is 14.0. The Hall–Kier alpha value is -4.26. The summed E-state index contributed by atoms with van der Waals surface area (Å²) >= 11 is 0. The molecule has 5 rings (SSSR count). The molecule has 4 aromatic rings. The number of furan rings is 1. The molecule has 34 heavy (non-hydrogen) atoms. The van der Waals surface area contributed by atoms with Crippen LogP contribution in [-0.4, -0.2) is 17.9 Å². The average Bonchev–Trinajstić information content (AvgIpc) is 3.38. The molecule has 0 saturated carbocycles. The highest BCUT2D eigenvalue weighted by atomic mass is 19.1. The number of halogens is 1. The quantitative estimate of drug-likeness (QED) is 0.381. The number of hydrogen-bond acceptors (Lipinski definition) is 5. The predicted molar refractivity (Wildman–Crippen MR) is 125 cm³/mol. The van der Waals surface area contributed by atoms with E-state index in [-0.39, 0.29) is 18.3 Å². The summed E-state index contributed by atoms with van der Waals surface area (Å²) in [6.45, 7) is 0.401. The fraction of sp³-hybridized carbons (Fsp3) is 0.148. The molecule has 7 heteroatoms. The lowest BCUT2D eigenvalue weighted by Gasteiger charge is -2.38. The van der Waals surface area contributed by atoms with Crippen LogP contribution in [-0.2, 0) is 13.2 Å². The predicted octanol–water partition coefficient (Wildman–Crippen LogP) is 5.77. The van der Waals surface area contributed by atoms with Crippen molar-refractivity contribution in [3.8, 4) is 11.5 Å². The van der Waals surface area contributed by atoms with Gasteiger partial charge in [-0.05, 0) is 54.1 Å². The number of para-hydroxylation sites is 2. The van der Waals surface area contributed by atoms with Crippen molar-refractivity contribution in [3.63, 3.8) is 0 Å². The first kappa shape index (κ1) is 21.6. The zero-order chi connectivity index (χ0) is 23.5. The normalized spacial score (nSPS) is 14.9. The molecule has 1 N–H and O–H groups in total. The van der Waals surface area contributed by atoms with Crippen LogP contribution >= 0.6 is 0 Å². The van der Waals surface area contributed by atoms with Gasteiger partial charge < -0.3 is 24.1 Å². The van der Waals surface area contributed by atoms with Crippen LogP contribution in [0.25, 0.3) is 0 Å². The van der Waals surface area contributed by atoms with Crippen molar-refractivity contribution in [1.29, 1.82) is 0 Å². The second-order valence-electron chi connectivity index (χ2n) is 7.90. The first-order valence-corrected chi connectivity index (χ1v) is 10.9. The number of methoxy groups -OCH3 is 1. The number of nitrogens with one attached hydrogen (secondary N) is 1. The van der Waals surface area contributed by atoms with Crippen LogP contribution in [0.5, 0.6) is 11.5 Å². The summed E-state index contributed by atoms with van der Waals surface area (Å²) in [4.78, 5) is 15.2. The summed E-state index contributed by atoms with van der Waals surface area (Å²) in [5, 5.41) is 3.48. The number of nitrogens with zero attached hydrogens (tertiary/aromatic N) is 1. The van der Waals surface area contributed by atoms with Crippen molar-refractivity contribution < 1.29 is 23.1 Å². The maximum absolute atomic E-state index is 14.0. The third-order valence-electron chi connectivity index (χ3n) is 5.77. The van der Waals surface area contributed by atoms with Gasteiger partial charge in [-0.1, -0.05) is 30.3 Å².